The molecule has 1 saturated carbocycles. The van der Waals surface area contributed by atoms with Gasteiger partial charge in [0.15, 0.2) is 11.5 Å². The van der Waals surface area contributed by atoms with Crippen molar-refractivity contribution in [3.8, 4) is 11.5 Å². The zero-order chi connectivity index (χ0) is 13.8. The fourth-order valence-electron chi connectivity index (χ4n) is 2.57. The Morgan fingerprint density at radius 2 is 2.05 bits per heavy atom. The van der Waals surface area contributed by atoms with Crippen LogP contribution < -0.4 is 14.8 Å². The highest BCUT2D eigenvalue weighted by atomic mass is 16.6. The van der Waals surface area contributed by atoms with Crippen LogP contribution in [0.3, 0.4) is 0 Å². The summed E-state index contributed by atoms with van der Waals surface area (Å²) in [6, 6.07) is 6.39. The van der Waals surface area contributed by atoms with E-state index in [0.29, 0.717) is 19.3 Å². The molecule has 1 heterocycles. The molecular formula is C16H23NO3. The number of nitrogens with one attached hydrogen (secondary N) is 1. The number of rotatable bonds is 6. The summed E-state index contributed by atoms with van der Waals surface area (Å²) in [4.78, 5) is 0. The van der Waals surface area contributed by atoms with Crippen molar-refractivity contribution in [2.45, 2.75) is 38.3 Å². The summed E-state index contributed by atoms with van der Waals surface area (Å²) in [5, 5.41) is 3.49. The molecule has 0 amide bonds. The molecule has 2 aliphatic rings. The van der Waals surface area contributed by atoms with Crippen LogP contribution >= 0.6 is 0 Å². The number of ether oxygens (including phenoxy) is 3. The first-order chi connectivity index (χ1) is 9.86. The second-order valence-corrected chi connectivity index (χ2v) is 5.40. The molecule has 4 nitrogen and oxygen atoms in total. The van der Waals surface area contributed by atoms with Crippen molar-refractivity contribution in [2.24, 2.45) is 0 Å². The zero-order valence-corrected chi connectivity index (χ0v) is 12.1. The third-order valence-electron chi connectivity index (χ3n) is 3.97. The SMILES string of the molecule is CCNC(COC1CCC1)c1ccc2c(c1)OCCO2. The summed E-state index contributed by atoms with van der Waals surface area (Å²) in [6.07, 6.45) is 4.19. The van der Waals surface area contributed by atoms with E-state index in [1.54, 1.807) is 0 Å². The van der Waals surface area contributed by atoms with Gasteiger partial charge in [0.05, 0.1) is 18.8 Å². The van der Waals surface area contributed by atoms with E-state index in [1.165, 1.54) is 24.8 Å². The highest BCUT2D eigenvalue weighted by Gasteiger charge is 2.21. The normalized spacial score (nSPS) is 19.4. The predicted molar refractivity (Wildman–Crippen MR) is 77.4 cm³/mol. The molecule has 0 radical (unpaired) electrons. The van der Waals surface area contributed by atoms with E-state index in [1.807, 2.05) is 6.07 Å². The zero-order valence-electron chi connectivity index (χ0n) is 12.1. The van der Waals surface area contributed by atoms with Crippen molar-refractivity contribution in [2.75, 3.05) is 26.4 Å². The Morgan fingerprint density at radius 1 is 1.25 bits per heavy atom. The van der Waals surface area contributed by atoms with Gasteiger partial charge in [-0.25, -0.2) is 0 Å². The molecule has 4 heteroatoms. The largest absolute Gasteiger partial charge is 0.486 e. The second-order valence-electron chi connectivity index (χ2n) is 5.40. The molecule has 1 atom stereocenters. The van der Waals surface area contributed by atoms with Gasteiger partial charge in [-0.1, -0.05) is 13.0 Å². The molecule has 0 spiro atoms. The smallest absolute Gasteiger partial charge is 0.161 e. The minimum atomic E-state index is 0.219. The Balaban J connectivity index is 1.68. The average Bonchev–Trinajstić information content (AvgIpc) is 2.44. The van der Waals surface area contributed by atoms with E-state index in [-0.39, 0.29) is 6.04 Å². The molecule has 1 fully saturated rings. The van der Waals surface area contributed by atoms with Crippen LogP contribution in [-0.2, 0) is 4.74 Å². The van der Waals surface area contributed by atoms with Gasteiger partial charge >= 0.3 is 0 Å². The monoisotopic (exact) mass is 277 g/mol. The maximum Gasteiger partial charge on any atom is 0.161 e. The lowest BCUT2D eigenvalue weighted by atomic mass is 9.96. The fourth-order valence-corrected chi connectivity index (χ4v) is 2.57. The molecule has 1 N–H and O–H groups in total. The predicted octanol–water partition coefficient (Wildman–Crippen LogP) is 2.68. The first-order valence-corrected chi connectivity index (χ1v) is 7.61. The van der Waals surface area contributed by atoms with E-state index in [2.05, 4.69) is 24.4 Å². The number of likely N-dealkylation sites (N-methyl/N-ethyl adjacent to an activating group) is 1. The van der Waals surface area contributed by atoms with E-state index >= 15 is 0 Å². The van der Waals surface area contributed by atoms with Gasteiger partial charge < -0.3 is 19.5 Å². The molecule has 1 unspecified atom stereocenters. The minimum absolute atomic E-state index is 0.219. The summed E-state index contributed by atoms with van der Waals surface area (Å²) < 4.78 is 17.2. The van der Waals surface area contributed by atoms with Gasteiger partial charge in [0, 0.05) is 0 Å². The molecule has 1 aromatic carbocycles. The maximum atomic E-state index is 5.96. The topological polar surface area (TPSA) is 39.7 Å². The van der Waals surface area contributed by atoms with Gasteiger partial charge in [0.25, 0.3) is 0 Å². The van der Waals surface area contributed by atoms with Gasteiger partial charge in [-0.05, 0) is 43.5 Å². The second kappa shape index (κ2) is 6.46. The first kappa shape index (κ1) is 13.7. The maximum absolute atomic E-state index is 5.96. The Hall–Kier alpha value is -1.26. The van der Waals surface area contributed by atoms with Gasteiger partial charge in [-0.2, -0.15) is 0 Å². The van der Waals surface area contributed by atoms with Crippen molar-refractivity contribution < 1.29 is 14.2 Å². The van der Waals surface area contributed by atoms with E-state index in [9.17, 15) is 0 Å². The van der Waals surface area contributed by atoms with E-state index in [0.717, 1.165) is 24.7 Å². The first-order valence-electron chi connectivity index (χ1n) is 7.61. The summed E-state index contributed by atoms with van der Waals surface area (Å²) in [7, 11) is 0. The number of hydrogen-bond acceptors (Lipinski definition) is 4. The lowest BCUT2D eigenvalue weighted by Crippen LogP contribution is -2.30. The summed E-state index contributed by atoms with van der Waals surface area (Å²) in [5.41, 5.74) is 1.20. The summed E-state index contributed by atoms with van der Waals surface area (Å²) >= 11 is 0. The Morgan fingerprint density at radius 3 is 2.75 bits per heavy atom. The molecule has 0 bridgehead atoms. The van der Waals surface area contributed by atoms with Gasteiger partial charge in [-0.3, -0.25) is 0 Å². The molecule has 0 saturated heterocycles. The van der Waals surface area contributed by atoms with Crippen LogP contribution in [0.2, 0.25) is 0 Å². The Labute approximate surface area is 120 Å². The Kier molecular flexibility index (Phi) is 4.43. The highest BCUT2D eigenvalue weighted by molar-refractivity contribution is 5.44. The summed E-state index contributed by atoms with van der Waals surface area (Å²) in [5.74, 6) is 1.69. The molecule has 110 valence electrons. The molecule has 20 heavy (non-hydrogen) atoms. The van der Waals surface area contributed by atoms with Crippen LogP contribution in [0.4, 0.5) is 0 Å². The molecule has 0 aromatic heterocycles. The number of benzene rings is 1. The molecule has 3 rings (SSSR count). The third-order valence-corrected chi connectivity index (χ3v) is 3.97. The van der Waals surface area contributed by atoms with E-state index < -0.39 is 0 Å². The van der Waals surface area contributed by atoms with Crippen LogP contribution in [0, 0.1) is 0 Å². The lowest BCUT2D eigenvalue weighted by Gasteiger charge is -2.29. The van der Waals surface area contributed by atoms with Crippen molar-refractivity contribution in [1.29, 1.82) is 0 Å². The quantitative estimate of drug-likeness (QED) is 0.868. The van der Waals surface area contributed by atoms with Crippen molar-refractivity contribution >= 4 is 0 Å². The molecule has 1 aliphatic heterocycles. The molecule has 1 aliphatic carbocycles. The minimum Gasteiger partial charge on any atom is -0.486 e. The van der Waals surface area contributed by atoms with Gasteiger partial charge in [0.2, 0.25) is 0 Å². The van der Waals surface area contributed by atoms with Crippen LogP contribution in [0.5, 0.6) is 11.5 Å². The third kappa shape index (κ3) is 3.07. The van der Waals surface area contributed by atoms with Gasteiger partial charge in [-0.15, -0.1) is 0 Å². The highest BCUT2D eigenvalue weighted by Crippen LogP contribution is 2.33. The van der Waals surface area contributed by atoms with Crippen molar-refractivity contribution in [3.05, 3.63) is 23.8 Å². The lowest BCUT2D eigenvalue weighted by molar-refractivity contribution is -0.00865. The number of hydrogen-bond donors (Lipinski definition) is 1. The van der Waals surface area contributed by atoms with Crippen LogP contribution in [-0.4, -0.2) is 32.5 Å². The standard InChI is InChI=1S/C16H23NO3/c1-2-17-14(11-20-13-4-3-5-13)12-6-7-15-16(10-12)19-9-8-18-15/h6-7,10,13-14,17H,2-5,8-9,11H2,1H3. The fraction of sp³-hybridized carbons (Fsp3) is 0.625. The van der Waals surface area contributed by atoms with Gasteiger partial charge in [0.1, 0.15) is 13.2 Å². The number of fused-ring (bicyclic) bond motifs is 1. The van der Waals surface area contributed by atoms with Crippen LogP contribution in [0.15, 0.2) is 18.2 Å². The van der Waals surface area contributed by atoms with E-state index in [4.69, 9.17) is 14.2 Å². The average molecular weight is 277 g/mol. The van der Waals surface area contributed by atoms with Crippen LogP contribution in [0.1, 0.15) is 37.8 Å². The molecule has 1 aromatic rings. The van der Waals surface area contributed by atoms with Crippen molar-refractivity contribution in [1.82, 2.24) is 5.32 Å². The summed E-state index contributed by atoms with van der Waals surface area (Å²) in [6.45, 7) is 5.02. The van der Waals surface area contributed by atoms with Crippen LogP contribution in [0.25, 0.3) is 0 Å². The Bertz CT molecular complexity index is 445. The molecular weight excluding hydrogens is 254 g/mol. The van der Waals surface area contributed by atoms with Crippen molar-refractivity contribution in [3.63, 3.8) is 0 Å².